The van der Waals surface area contributed by atoms with E-state index >= 15 is 0 Å². The smallest absolute Gasteiger partial charge is 0.320 e. The van der Waals surface area contributed by atoms with E-state index in [-0.39, 0.29) is 12.1 Å². The zero-order valence-corrected chi connectivity index (χ0v) is 8.90. The molecule has 1 aliphatic heterocycles. The summed E-state index contributed by atoms with van der Waals surface area (Å²) in [4.78, 5) is 15.3. The Bertz CT molecular complexity index is 198. The summed E-state index contributed by atoms with van der Waals surface area (Å²) in [6, 6.07) is 0.211. The van der Waals surface area contributed by atoms with Crippen LogP contribution in [0.25, 0.3) is 0 Å². The molecule has 2 N–H and O–H groups in total. The molecule has 5 heteroatoms. The molecule has 2 amide bonds. The Morgan fingerprint density at radius 2 is 2.43 bits per heavy atom. The number of rotatable bonds is 2. The monoisotopic (exact) mass is 201 g/mol. The van der Waals surface area contributed by atoms with Crippen molar-refractivity contribution < 1.29 is 9.53 Å². The second-order valence-corrected chi connectivity index (χ2v) is 3.61. The maximum atomic E-state index is 11.8. The first-order chi connectivity index (χ1) is 6.66. The molecule has 0 spiro atoms. The van der Waals surface area contributed by atoms with Crippen molar-refractivity contribution in [3.63, 3.8) is 0 Å². The summed E-state index contributed by atoms with van der Waals surface area (Å²) < 4.78 is 5.26. The van der Waals surface area contributed by atoms with E-state index in [9.17, 15) is 4.79 Å². The Hall–Kier alpha value is -0.810. The number of hydrogen-bond acceptors (Lipinski definition) is 3. The Morgan fingerprint density at radius 3 is 3.00 bits per heavy atom. The fourth-order valence-corrected chi connectivity index (χ4v) is 1.52. The molecule has 1 heterocycles. The van der Waals surface area contributed by atoms with Gasteiger partial charge in [-0.2, -0.15) is 0 Å². The van der Waals surface area contributed by atoms with E-state index in [2.05, 4.69) is 0 Å². The van der Waals surface area contributed by atoms with Gasteiger partial charge in [0, 0.05) is 26.7 Å². The van der Waals surface area contributed by atoms with E-state index < -0.39 is 0 Å². The molecule has 5 nitrogen and oxygen atoms in total. The zero-order valence-electron chi connectivity index (χ0n) is 8.90. The number of carbonyl (C=O) groups excluding carboxylic acids is 1. The lowest BCUT2D eigenvalue weighted by atomic mass is 10.3. The first-order valence-corrected chi connectivity index (χ1v) is 4.96. The fraction of sp³-hybridized carbons (Fsp3) is 0.889. The highest BCUT2D eigenvalue weighted by atomic mass is 16.5. The number of hydrogen-bond donors (Lipinski definition) is 1. The van der Waals surface area contributed by atoms with Gasteiger partial charge in [-0.15, -0.1) is 0 Å². The quantitative estimate of drug-likeness (QED) is 0.668. The van der Waals surface area contributed by atoms with Crippen molar-refractivity contribution in [3.05, 3.63) is 0 Å². The topological polar surface area (TPSA) is 58.8 Å². The molecular formula is C9H19N3O2. The number of nitrogens with zero attached hydrogens (tertiary/aromatic N) is 2. The highest BCUT2D eigenvalue weighted by Crippen LogP contribution is 2.08. The van der Waals surface area contributed by atoms with E-state index in [1.165, 1.54) is 0 Å². The van der Waals surface area contributed by atoms with E-state index in [1.807, 2.05) is 11.8 Å². The average molecular weight is 201 g/mol. The van der Waals surface area contributed by atoms with Crippen LogP contribution < -0.4 is 5.73 Å². The van der Waals surface area contributed by atoms with Crippen LogP contribution in [0.15, 0.2) is 0 Å². The minimum absolute atomic E-state index is 0.0475. The third-order valence-electron chi connectivity index (χ3n) is 2.40. The third-order valence-corrected chi connectivity index (χ3v) is 2.40. The Balaban J connectivity index is 2.49. The third kappa shape index (κ3) is 2.59. The molecule has 1 atom stereocenters. The highest BCUT2D eigenvalue weighted by Gasteiger charge is 2.25. The second-order valence-electron chi connectivity index (χ2n) is 3.61. The number of carbonyl (C=O) groups is 1. The average Bonchev–Trinajstić information content (AvgIpc) is 2.18. The molecule has 0 aliphatic carbocycles. The van der Waals surface area contributed by atoms with E-state index in [0.717, 1.165) is 0 Å². The minimum atomic E-state index is 0.0475. The van der Waals surface area contributed by atoms with Gasteiger partial charge in [0.25, 0.3) is 0 Å². The van der Waals surface area contributed by atoms with Crippen LogP contribution in [0, 0.1) is 0 Å². The number of ether oxygens (including phenoxy) is 1. The Kier molecular flexibility index (Phi) is 4.16. The maximum absolute atomic E-state index is 11.8. The van der Waals surface area contributed by atoms with Gasteiger partial charge in [0.1, 0.15) is 0 Å². The molecule has 1 saturated heterocycles. The van der Waals surface area contributed by atoms with Crippen LogP contribution in [-0.2, 0) is 4.74 Å². The van der Waals surface area contributed by atoms with Crippen molar-refractivity contribution in [1.29, 1.82) is 0 Å². The lowest BCUT2D eigenvalue weighted by molar-refractivity contribution is 0.0121. The molecule has 0 saturated carbocycles. The highest BCUT2D eigenvalue weighted by molar-refractivity contribution is 5.74. The number of amides is 2. The second kappa shape index (κ2) is 5.17. The van der Waals surface area contributed by atoms with Gasteiger partial charge in [-0.05, 0) is 6.92 Å². The molecule has 0 bridgehead atoms. The zero-order chi connectivity index (χ0) is 10.6. The van der Waals surface area contributed by atoms with Crippen LogP contribution >= 0.6 is 0 Å². The SMILES string of the molecule is CC1COCCN1C(=O)N(C)CCN. The summed E-state index contributed by atoms with van der Waals surface area (Å²) in [7, 11) is 1.78. The summed E-state index contributed by atoms with van der Waals surface area (Å²) in [5.41, 5.74) is 5.39. The minimum Gasteiger partial charge on any atom is -0.377 e. The predicted molar refractivity (Wildman–Crippen MR) is 54.1 cm³/mol. The number of likely N-dealkylation sites (N-methyl/N-ethyl adjacent to an activating group) is 1. The number of morpholine rings is 1. The summed E-state index contributed by atoms with van der Waals surface area (Å²) in [6.45, 7) is 5.03. The van der Waals surface area contributed by atoms with Crippen molar-refractivity contribution >= 4 is 6.03 Å². The molecule has 0 aromatic rings. The molecule has 1 aliphatic rings. The van der Waals surface area contributed by atoms with E-state index in [1.54, 1.807) is 11.9 Å². The van der Waals surface area contributed by atoms with Gasteiger partial charge in [0.15, 0.2) is 0 Å². The standard InChI is InChI=1S/C9H19N3O2/c1-8-7-14-6-5-12(8)9(13)11(2)4-3-10/h8H,3-7,10H2,1-2H3. The largest absolute Gasteiger partial charge is 0.377 e. The number of nitrogens with two attached hydrogens (primary N) is 1. The van der Waals surface area contributed by atoms with Crippen molar-refractivity contribution in [2.75, 3.05) is 39.9 Å². The van der Waals surface area contributed by atoms with Crippen LogP contribution in [0.4, 0.5) is 4.79 Å². The van der Waals surface area contributed by atoms with Gasteiger partial charge < -0.3 is 20.3 Å². The molecule has 0 aromatic heterocycles. The molecule has 1 unspecified atom stereocenters. The van der Waals surface area contributed by atoms with Crippen LogP contribution in [-0.4, -0.2) is 61.8 Å². The normalized spacial score (nSPS) is 22.2. The van der Waals surface area contributed by atoms with Crippen LogP contribution in [0.5, 0.6) is 0 Å². The van der Waals surface area contributed by atoms with Crippen LogP contribution in [0.2, 0.25) is 0 Å². The van der Waals surface area contributed by atoms with Crippen molar-refractivity contribution in [2.24, 2.45) is 5.73 Å². The molecule has 0 radical (unpaired) electrons. The van der Waals surface area contributed by atoms with Crippen LogP contribution in [0.1, 0.15) is 6.92 Å². The molecule has 82 valence electrons. The van der Waals surface area contributed by atoms with Gasteiger partial charge in [-0.1, -0.05) is 0 Å². The van der Waals surface area contributed by atoms with Gasteiger partial charge >= 0.3 is 6.03 Å². The molecule has 1 rings (SSSR count). The summed E-state index contributed by atoms with van der Waals surface area (Å²) in [6.07, 6.45) is 0. The summed E-state index contributed by atoms with van der Waals surface area (Å²) >= 11 is 0. The van der Waals surface area contributed by atoms with Crippen molar-refractivity contribution in [2.45, 2.75) is 13.0 Å². The lowest BCUT2D eigenvalue weighted by Crippen LogP contribution is -2.52. The van der Waals surface area contributed by atoms with Crippen molar-refractivity contribution in [3.8, 4) is 0 Å². The van der Waals surface area contributed by atoms with Gasteiger partial charge in [-0.3, -0.25) is 0 Å². The van der Waals surface area contributed by atoms with E-state index in [4.69, 9.17) is 10.5 Å². The van der Waals surface area contributed by atoms with Crippen LogP contribution in [0.3, 0.4) is 0 Å². The predicted octanol–water partition coefficient (Wildman–Crippen LogP) is -0.282. The van der Waals surface area contributed by atoms with Crippen molar-refractivity contribution in [1.82, 2.24) is 9.80 Å². The maximum Gasteiger partial charge on any atom is 0.320 e. The Labute approximate surface area is 84.8 Å². The summed E-state index contributed by atoms with van der Waals surface area (Å²) in [5.74, 6) is 0. The molecular weight excluding hydrogens is 182 g/mol. The lowest BCUT2D eigenvalue weighted by Gasteiger charge is -2.35. The molecule has 0 aromatic carbocycles. The summed E-state index contributed by atoms with van der Waals surface area (Å²) in [5, 5.41) is 0. The fourth-order valence-electron chi connectivity index (χ4n) is 1.52. The first kappa shape index (κ1) is 11.3. The van der Waals surface area contributed by atoms with Gasteiger partial charge in [-0.25, -0.2) is 4.79 Å². The number of urea groups is 1. The first-order valence-electron chi connectivity index (χ1n) is 4.96. The molecule has 14 heavy (non-hydrogen) atoms. The van der Waals surface area contributed by atoms with Gasteiger partial charge in [0.05, 0.1) is 19.3 Å². The Morgan fingerprint density at radius 1 is 1.71 bits per heavy atom. The van der Waals surface area contributed by atoms with Gasteiger partial charge in [0.2, 0.25) is 0 Å². The molecule has 1 fully saturated rings. The van der Waals surface area contributed by atoms with E-state index in [0.29, 0.717) is 32.8 Å².